The van der Waals surface area contributed by atoms with E-state index in [1.165, 1.54) is 4.90 Å². The van der Waals surface area contributed by atoms with Gasteiger partial charge in [-0.15, -0.1) is 0 Å². The Balaban J connectivity index is 1.47. The number of piperidine rings is 1. The lowest BCUT2D eigenvalue weighted by atomic mass is 9.89. The standard InChI is InChI=1S/C25H23N3O3/c1-16-7-6-14-27(25(31)22-18-9-3-2-8-17(18)12-13-26-22)21(16)15-28-23(29)19-10-4-5-11-20(19)24(28)30/h2-5,8-13,16,21H,6-7,14-15H2,1H3/t16-,21?/m1/s1. The van der Waals surface area contributed by atoms with Gasteiger partial charge in [-0.3, -0.25) is 24.3 Å². The van der Waals surface area contributed by atoms with Crippen molar-refractivity contribution in [2.24, 2.45) is 5.92 Å². The molecule has 1 aromatic heterocycles. The molecule has 0 aliphatic carbocycles. The van der Waals surface area contributed by atoms with Gasteiger partial charge in [0.1, 0.15) is 5.69 Å². The molecule has 0 N–H and O–H groups in total. The third-order valence-electron chi connectivity index (χ3n) is 6.50. The molecule has 2 atom stereocenters. The minimum Gasteiger partial charge on any atom is -0.332 e. The maximum atomic E-state index is 13.6. The predicted octanol–water partition coefficient (Wildman–Crippen LogP) is 3.77. The first kappa shape index (κ1) is 19.4. The van der Waals surface area contributed by atoms with Gasteiger partial charge in [-0.05, 0) is 42.3 Å². The molecule has 3 aromatic rings. The van der Waals surface area contributed by atoms with Crippen molar-refractivity contribution in [1.29, 1.82) is 0 Å². The topological polar surface area (TPSA) is 70.6 Å². The van der Waals surface area contributed by atoms with Gasteiger partial charge in [-0.2, -0.15) is 0 Å². The van der Waals surface area contributed by atoms with Gasteiger partial charge in [-0.25, -0.2) is 0 Å². The van der Waals surface area contributed by atoms with Gasteiger partial charge in [0.25, 0.3) is 17.7 Å². The first-order valence-electron chi connectivity index (χ1n) is 10.7. The Morgan fingerprint density at radius 3 is 2.42 bits per heavy atom. The quantitative estimate of drug-likeness (QED) is 0.613. The molecule has 6 nitrogen and oxygen atoms in total. The molecule has 0 spiro atoms. The number of amides is 3. The normalized spacial score (nSPS) is 20.9. The second-order valence-corrected chi connectivity index (χ2v) is 8.33. The molecule has 2 aliphatic rings. The molecule has 156 valence electrons. The number of rotatable bonds is 3. The van der Waals surface area contributed by atoms with Crippen molar-refractivity contribution in [3.8, 4) is 0 Å². The van der Waals surface area contributed by atoms with Crippen LogP contribution in [0.2, 0.25) is 0 Å². The summed E-state index contributed by atoms with van der Waals surface area (Å²) in [6.07, 6.45) is 3.49. The zero-order chi connectivity index (χ0) is 21.5. The Hall–Kier alpha value is -3.54. The van der Waals surface area contributed by atoms with E-state index in [1.54, 1.807) is 30.5 Å². The van der Waals surface area contributed by atoms with Crippen LogP contribution in [0.4, 0.5) is 0 Å². The van der Waals surface area contributed by atoms with Gasteiger partial charge >= 0.3 is 0 Å². The molecule has 6 heteroatoms. The highest BCUT2D eigenvalue weighted by atomic mass is 16.2. The van der Waals surface area contributed by atoms with Crippen molar-refractivity contribution >= 4 is 28.5 Å². The lowest BCUT2D eigenvalue weighted by Gasteiger charge is -2.41. The Morgan fingerprint density at radius 1 is 1.00 bits per heavy atom. The Bertz CT molecular complexity index is 1170. The summed E-state index contributed by atoms with van der Waals surface area (Å²) in [4.78, 5) is 46.9. The summed E-state index contributed by atoms with van der Waals surface area (Å²) in [6.45, 7) is 2.87. The number of nitrogens with zero attached hydrogens (tertiary/aromatic N) is 3. The number of imide groups is 1. The molecule has 1 fully saturated rings. The number of likely N-dealkylation sites (tertiary alicyclic amines) is 1. The maximum absolute atomic E-state index is 13.6. The molecule has 2 aliphatic heterocycles. The Morgan fingerprint density at radius 2 is 1.68 bits per heavy atom. The molecule has 5 rings (SSSR count). The lowest BCUT2D eigenvalue weighted by Crippen LogP contribution is -2.54. The van der Waals surface area contributed by atoms with E-state index in [2.05, 4.69) is 11.9 Å². The summed E-state index contributed by atoms with van der Waals surface area (Å²) in [5.41, 5.74) is 1.29. The Labute approximate surface area is 180 Å². The second-order valence-electron chi connectivity index (χ2n) is 8.33. The summed E-state index contributed by atoms with van der Waals surface area (Å²) in [5.74, 6) is -0.551. The van der Waals surface area contributed by atoms with Gasteiger partial charge in [-0.1, -0.05) is 43.3 Å². The molecule has 0 radical (unpaired) electrons. The number of hydrogen-bond acceptors (Lipinski definition) is 4. The number of benzene rings is 2. The van der Waals surface area contributed by atoms with Gasteiger partial charge in [0, 0.05) is 18.1 Å². The van der Waals surface area contributed by atoms with E-state index in [-0.39, 0.29) is 36.2 Å². The molecular weight excluding hydrogens is 390 g/mol. The average molecular weight is 413 g/mol. The van der Waals surface area contributed by atoms with Crippen molar-refractivity contribution in [2.75, 3.05) is 13.1 Å². The van der Waals surface area contributed by atoms with E-state index in [9.17, 15) is 14.4 Å². The minimum absolute atomic E-state index is 0.148. The van der Waals surface area contributed by atoms with Crippen LogP contribution in [0.25, 0.3) is 10.8 Å². The molecule has 1 saturated heterocycles. The number of fused-ring (bicyclic) bond motifs is 2. The highest BCUT2D eigenvalue weighted by Crippen LogP contribution is 2.30. The van der Waals surface area contributed by atoms with Crippen LogP contribution in [0, 0.1) is 5.92 Å². The van der Waals surface area contributed by atoms with E-state index in [4.69, 9.17) is 0 Å². The third kappa shape index (κ3) is 3.19. The van der Waals surface area contributed by atoms with Crippen molar-refractivity contribution in [1.82, 2.24) is 14.8 Å². The average Bonchev–Trinajstić information content (AvgIpc) is 3.04. The summed E-state index contributed by atoms with van der Waals surface area (Å²) in [7, 11) is 0. The van der Waals surface area contributed by atoms with Crippen molar-refractivity contribution in [2.45, 2.75) is 25.8 Å². The summed E-state index contributed by atoms with van der Waals surface area (Å²) in [5, 5.41) is 1.77. The summed E-state index contributed by atoms with van der Waals surface area (Å²) < 4.78 is 0. The number of hydrogen-bond donors (Lipinski definition) is 0. The van der Waals surface area contributed by atoms with Crippen LogP contribution in [0.3, 0.4) is 0 Å². The third-order valence-corrected chi connectivity index (χ3v) is 6.50. The van der Waals surface area contributed by atoms with Crippen molar-refractivity contribution in [3.63, 3.8) is 0 Å². The summed E-state index contributed by atoms with van der Waals surface area (Å²) in [6, 6.07) is 16.2. The molecule has 3 amide bonds. The van der Waals surface area contributed by atoms with E-state index >= 15 is 0 Å². The van der Waals surface area contributed by atoms with Gasteiger partial charge in [0.05, 0.1) is 23.7 Å². The molecular formula is C25H23N3O3. The zero-order valence-corrected chi connectivity index (χ0v) is 17.3. The first-order chi connectivity index (χ1) is 15.1. The molecule has 2 aromatic carbocycles. The molecule has 0 bridgehead atoms. The van der Waals surface area contributed by atoms with Crippen LogP contribution in [-0.2, 0) is 0 Å². The number of carbonyl (C=O) groups is 3. The number of pyridine rings is 1. The largest absolute Gasteiger partial charge is 0.332 e. The van der Waals surface area contributed by atoms with Crippen LogP contribution >= 0.6 is 0 Å². The number of aromatic nitrogens is 1. The fourth-order valence-corrected chi connectivity index (χ4v) is 4.80. The fraction of sp³-hybridized carbons (Fsp3) is 0.280. The van der Waals surface area contributed by atoms with E-state index in [1.807, 2.05) is 35.2 Å². The summed E-state index contributed by atoms with van der Waals surface area (Å²) >= 11 is 0. The van der Waals surface area contributed by atoms with Gasteiger partial charge in [0.2, 0.25) is 0 Å². The molecule has 1 unspecified atom stereocenters. The molecule has 3 heterocycles. The second kappa shape index (κ2) is 7.61. The fourth-order valence-electron chi connectivity index (χ4n) is 4.80. The molecule has 31 heavy (non-hydrogen) atoms. The smallest absolute Gasteiger partial charge is 0.273 e. The highest BCUT2D eigenvalue weighted by molar-refractivity contribution is 6.21. The molecule has 0 saturated carbocycles. The highest BCUT2D eigenvalue weighted by Gasteiger charge is 2.41. The van der Waals surface area contributed by atoms with E-state index < -0.39 is 0 Å². The Kier molecular flexibility index (Phi) is 4.77. The van der Waals surface area contributed by atoms with Crippen LogP contribution < -0.4 is 0 Å². The van der Waals surface area contributed by atoms with Crippen molar-refractivity contribution in [3.05, 3.63) is 77.6 Å². The number of carbonyl (C=O) groups excluding carboxylic acids is 3. The van der Waals surface area contributed by atoms with Crippen LogP contribution in [0.5, 0.6) is 0 Å². The van der Waals surface area contributed by atoms with Gasteiger partial charge in [0.15, 0.2) is 0 Å². The predicted molar refractivity (Wildman–Crippen MR) is 117 cm³/mol. The zero-order valence-electron chi connectivity index (χ0n) is 17.3. The van der Waals surface area contributed by atoms with E-state index in [0.29, 0.717) is 23.4 Å². The van der Waals surface area contributed by atoms with Crippen molar-refractivity contribution < 1.29 is 14.4 Å². The maximum Gasteiger partial charge on any atom is 0.273 e. The minimum atomic E-state index is -0.283. The lowest BCUT2D eigenvalue weighted by molar-refractivity contribution is 0.0367. The van der Waals surface area contributed by atoms with Crippen LogP contribution in [-0.4, -0.2) is 51.6 Å². The van der Waals surface area contributed by atoms with Crippen LogP contribution in [0.15, 0.2) is 60.8 Å². The van der Waals surface area contributed by atoms with E-state index in [0.717, 1.165) is 23.6 Å². The monoisotopic (exact) mass is 413 g/mol. The SMILES string of the molecule is C[C@@H]1CCCN(C(=O)c2nccc3ccccc23)C1CN1C(=O)c2ccccc2C1=O. The first-order valence-corrected chi connectivity index (χ1v) is 10.7. The van der Waals surface area contributed by atoms with Gasteiger partial charge < -0.3 is 4.90 Å². The van der Waals surface area contributed by atoms with Crippen LogP contribution in [0.1, 0.15) is 51.0 Å².